The normalized spacial score (nSPS) is 11.2. The summed E-state index contributed by atoms with van der Waals surface area (Å²) < 4.78 is 57.4. The highest BCUT2D eigenvalue weighted by Gasteiger charge is 2.30. The lowest BCUT2D eigenvalue weighted by molar-refractivity contribution is -0.137. The lowest BCUT2D eigenvalue weighted by Crippen LogP contribution is -2.04. The molecule has 0 unspecified atom stereocenters. The van der Waals surface area contributed by atoms with E-state index in [4.69, 9.17) is 14.2 Å². The van der Waals surface area contributed by atoms with Gasteiger partial charge < -0.3 is 14.2 Å². The molecule has 0 radical (unpaired) electrons. The summed E-state index contributed by atoms with van der Waals surface area (Å²) in [5.41, 5.74) is 2.79. The topological polar surface area (TPSA) is 53.5 Å². The molecule has 1 aromatic heterocycles. The van der Waals surface area contributed by atoms with E-state index in [1.165, 1.54) is 23.5 Å². The highest BCUT2D eigenvalue weighted by Crippen LogP contribution is 2.37. The number of hydrogen-bond acceptors (Lipinski definition) is 6. The summed E-state index contributed by atoms with van der Waals surface area (Å²) in [7, 11) is 0. The van der Waals surface area contributed by atoms with Gasteiger partial charge in [-0.3, -0.25) is 0 Å². The molecule has 6 rings (SSSR count). The lowest BCUT2D eigenvalue weighted by atomic mass is 10.2. The first-order valence-corrected chi connectivity index (χ1v) is 14.5. The highest BCUT2D eigenvalue weighted by molar-refractivity contribution is 7.17. The molecule has 1 heterocycles. The van der Waals surface area contributed by atoms with Crippen LogP contribution in [0.1, 0.15) is 16.7 Å². The van der Waals surface area contributed by atoms with E-state index in [0.717, 1.165) is 34.4 Å². The van der Waals surface area contributed by atoms with Gasteiger partial charge in [-0.25, -0.2) is 0 Å². The third-order valence-electron chi connectivity index (χ3n) is 6.53. The smallest absolute Gasteiger partial charge is 0.416 e. The zero-order chi connectivity index (χ0) is 30.4. The Bertz CT molecular complexity index is 1780. The third kappa shape index (κ3) is 7.43. The van der Waals surface area contributed by atoms with Crippen LogP contribution >= 0.6 is 11.3 Å². The molecule has 0 atom stereocenters. The van der Waals surface area contributed by atoms with Crippen molar-refractivity contribution >= 4 is 11.3 Å². The Morgan fingerprint density at radius 2 is 1.05 bits per heavy atom. The van der Waals surface area contributed by atoms with Crippen molar-refractivity contribution in [3.05, 3.63) is 144 Å². The molecule has 0 fully saturated rings. The van der Waals surface area contributed by atoms with Crippen molar-refractivity contribution in [1.29, 1.82) is 0 Å². The highest BCUT2D eigenvalue weighted by atomic mass is 32.1. The number of benzene rings is 5. The van der Waals surface area contributed by atoms with Gasteiger partial charge in [0.2, 0.25) is 0 Å². The second-order valence-corrected chi connectivity index (χ2v) is 10.8. The minimum Gasteiger partial charge on any atom is -0.489 e. The molecule has 0 aliphatic carbocycles. The van der Waals surface area contributed by atoms with E-state index >= 15 is 0 Å². The SMILES string of the molecule is FC(F)(F)c1cccc(Oc2cccc(-c3nnc(-c4cc(OCc5ccccc5)cc(OCc5ccccc5)c4)s3)c2)c1. The summed E-state index contributed by atoms with van der Waals surface area (Å²) >= 11 is 1.37. The van der Waals surface area contributed by atoms with Gasteiger partial charge in [-0.2, -0.15) is 13.2 Å². The first-order valence-electron chi connectivity index (χ1n) is 13.7. The van der Waals surface area contributed by atoms with E-state index in [9.17, 15) is 13.2 Å². The standard InChI is InChI=1S/C35H25F3N2O3S/c36-35(37,38)28-14-8-16-30(20-28)43-29-15-7-13-26(17-29)33-39-40-34(44-33)27-18-31(41-22-24-9-3-1-4-10-24)21-32(19-27)42-23-25-11-5-2-6-12-25/h1-21H,22-23H2. The zero-order valence-electron chi connectivity index (χ0n) is 23.2. The van der Waals surface area contributed by atoms with Crippen LogP contribution in [0.4, 0.5) is 13.2 Å². The quantitative estimate of drug-likeness (QED) is 0.155. The van der Waals surface area contributed by atoms with Crippen LogP contribution in [0.3, 0.4) is 0 Å². The first-order chi connectivity index (χ1) is 21.4. The summed E-state index contributed by atoms with van der Waals surface area (Å²) in [6, 6.07) is 37.2. The van der Waals surface area contributed by atoms with E-state index < -0.39 is 11.7 Å². The Hall–Kier alpha value is -5.15. The monoisotopic (exact) mass is 610 g/mol. The van der Waals surface area contributed by atoms with Gasteiger partial charge >= 0.3 is 6.18 Å². The number of halogens is 3. The van der Waals surface area contributed by atoms with Crippen LogP contribution in [0.15, 0.2) is 127 Å². The third-order valence-corrected chi connectivity index (χ3v) is 7.55. The lowest BCUT2D eigenvalue weighted by Gasteiger charge is -2.12. The van der Waals surface area contributed by atoms with Crippen molar-refractivity contribution in [1.82, 2.24) is 10.2 Å². The average Bonchev–Trinajstić information content (AvgIpc) is 3.55. The molecule has 0 saturated carbocycles. The van der Waals surface area contributed by atoms with Gasteiger partial charge in [-0.15, -0.1) is 10.2 Å². The molecule has 5 aromatic carbocycles. The molecule has 0 spiro atoms. The molecule has 9 heteroatoms. The van der Waals surface area contributed by atoms with Crippen LogP contribution < -0.4 is 14.2 Å². The minimum absolute atomic E-state index is 0.0882. The van der Waals surface area contributed by atoms with Gasteiger partial charge in [0.1, 0.15) is 46.2 Å². The van der Waals surface area contributed by atoms with Crippen molar-refractivity contribution in [3.63, 3.8) is 0 Å². The Morgan fingerprint density at radius 3 is 1.64 bits per heavy atom. The van der Waals surface area contributed by atoms with Gasteiger partial charge in [0.25, 0.3) is 0 Å². The van der Waals surface area contributed by atoms with Crippen LogP contribution in [-0.4, -0.2) is 10.2 Å². The van der Waals surface area contributed by atoms with E-state index in [1.807, 2.05) is 84.9 Å². The molecule has 0 saturated heterocycles. The van der Waals surface area contributed by atoms with Crippen LogP contribution in [0.25, 0.3) is 21.1 Å². The Kier molecular flexibility index (Phi) is 8.56. The van der Waals surface area contributed by atoms with Gasteiger partial charge in [0.05, 0.1) is 5.56 Å². The van der Waals surface area contributed by atoms with Gasteiger partial charge in [0.15, 0.2) is 0 Å². The number of aromatic nitrogens is 2. The van der Waals surface area contributed by atoms with Gasteiger partial charge in [-0.05, 0) is 53.6 Å². The molecule has 0 aliphatic heterocycles. The molecule has 220 valence electrons. The fourth-order valence-corrected chi connectivity index (χ4v) is 5.19. The summed E-state index contributed by atoms with van der Waals surface area (Å²) in [6.45, 7) is 0.783. The summed E-state index contributed by atoms with van der Waals surface area (Å²) in [4.78, 5) is 0. The number of hydrogen-bond donors (Lipinski definition) is 0. The van der Waals surface area contributed by atoms with Crippen molar-refractivity contribution in [2.75, 3.05) is 0 Å². The average molecular weight is 611 g/mol. The van der Waals surface area contributed by atoms with Crippen molar-refractivity contribution < 1.29 is 27.4 Å². The predicted molar refractivity (Wildman–Crippen MR) is 164 cm³/mol. The second-order valence-electron chi connectivity index (χ2n) is 9.81. The summed E-state index contributed by atoms with van der Waals surface area (Å²) in [5, 5.41) is 10.1. The van der Waals surface area contributed by atoms with Gasteiger partial charge in [0, 0.05) is 17.2 Å². The van der Waals surface area contributed by atoms with E-state index in [2.05, 4.69) is 10.2 Å². The predicted octanol–water partition coefficient (Wildman–Crippen LogP) is 9.84. The maximum atomic E-state index is 13.1. The van der Waals surface area contributed by atoms with Crippen LogP contribution in [0.5, 0.6) is 23.0 Å². The van der Waals surface area contributed by atoms with Crippen LogP contribution in [0.2, 0.25) is 0 Å². The van der Waals surface area contributed by atoms with Crippen molar-refractivity contribution in [3.8, 4) is 44.1 Å². The Morgan fingerprint density at radius 1 is 0.523 bits per heavy atom. The molecule has 6 aromatic rings. The first kappa shape index (κ1) is 28.9. The number of alkyl halides is 3. The molecular formula is C35H25F3N2O3S. The molecule has 44 heavy (non-hydrogen) atoms. The van der Waals surface area contributed by atoms with Crippen molar-refractivity contribution in [2.45, 2.75) is 19.4 Å². The van der Waals surface area contributed by atoms with Gasteiger partial charge in [-0.1, -0.05) is 90.2 Å². The zero-order valence-corrected chi connectivity index (χ0v) is 24.0. The molecule has 0 aliphatic rings. The fraction of sp³-hybridized carbons (Fsp3) is 0.0857. The Labute approximate surface area is 256 Å². The fourth-order valence-electron chi connectivity index (χ4n) is 4.36. The van der Waals surface area contributed by atoms with E-state index in [1.54, 1.807) is 18.2 Å². The van der Waals surface area contributed by atoms with E-state index in [-0.39, 0.29) is 5.75 Å². The molecular weight excluding hydrogens is 585 g/mol. The summed E-state index contributed by atoms with van der Waals surface area (Å²) in [5.74, 6) is 1.72. The largest absolute Gasteiger partial charge is 0.489 e. The van der Waals surface area contributed by atoms with Crippen molar-refractivity contribution in [2.24, 2.45) is 0 Å². The minimum atomic E-state index is -4.46. The molecule has 0 N–H and O–H groups in total. The van der Waals surface area contributed by atoms with E-state index in [0.29, 0.717) is 40.5 Å². The van der Waals surface area contributed by atoms with Crippen LogP contribution in [0, 0.1) is 0 Å². The summed E-state index contributed by atoms with van der Waals surface area (Å²) in [6.07, 6.45) is -4.46. The molecule has 0 bridgehead atoms. The number of nitrogens with zero attached hydrogens (tertiary/aromatic N) is 2. The maximum absolute atomic E-state index is 13.1. The number of ether oxygens (including phenoxy) is 3. The number of rotatable bonds is 10. The maximum Gasteiger partial charge on any atom is 0.416 e. The Balaban J connectivity index is 1.24. The molecule has 0 amide bonds. The van der Waals surface area contributed by atoms with Crippen LogP contribution in [-0.2, 0) is 19.4 Å². The molecule has 5 nitrogen and oxygen atoms in total. The second kappa shape index (κ2) is 13.0.